The predicted octanol–water partition coefficient (Wildman–Crippen LogP) is 0.102. The number of nitrogens with one attached hydrogen (secondary N) is 1. The first-order chi connectivity index (χ1) is 9.90. The second-order valence-corrected chi connectivity index (χ2v) is 7.79. The Morgan fingerprint density at radius 1 is 1.24 bits per heavy atom. The molecule has 0 bridgehead atoms. The smallest absolute Gasteiger partial charge is 0.322 e. The van der Waals surface area contributed by atoms with Crippen LogP contribution in [0, 0.1) is 5.92 Å². The first kappa shape index (κ1) is 16.7. The Labute approximate surface area is 126 Å². The molecule has 0 aliphatic carbocycles. The van der Waals surface area contributed by atoms with E-state index in [2.05, 4.69) is 9.62 Å². The van der Waals surface area contributed by atoms with Gasteiger partial charge in [0.2, 0.25) is 0 Å². The van der Waals surface area contributed by atoms with Gasteiger partial charge < -0.3 is 10.0 Å². The minimum atomic E-state index is -3.71. The van der Waals surface area contributed by atoms with Crippen LogP contribution in [0.15, 0.2) is 0 Å². The topological polar surface area (TPSA) is 90.0 Å². The van der Waals surface area contributed by atoms with Crippen LogP contribution in [-0.2, 0) is 15.0 Å². The van der Waals surface area contributed by atoms with E-state index in [4.69, 9.17) is 0 Å². The first-order valence-corrected chi connectivity index (χ1v) is 9.02. The monoisotopic (exact) mass is 319 g/mol. The number of carboxylic acid groups (broad SMARTS) is 1. The molecule has 2 aliphatic rings. The van der Waals surface area contributed by atoms with Crippen LogP contribution in [0.4, 0.5) is 0 Å². The summed E-state index contributed by atoms with van der Waals surface area (Å²) in [5.41, 5.74) is 0. The van der Waals surface area contributed by atoms with Crippen LogP contribution in [0.5, 0.6) is 0 Å². The second-order valence-electron chi connectivity index (χ2n) is 6.08. The Kier molecular flexibility index (Phi) is 5.59. The summed E-state index contributed by atoms with van der Waals surface area (Å²) in [5, 5.41) is 9.18. The maximum absolute atomic E-state index is 12.4. The van der Waals surface area contributed by atoms with E-state index in [0.717, 1.165) is 43.1 Å². The zero-order valence-corrected chi connectivity index (χ0v) is 13.3. The first-order valence-electron chi connectivity index (χ1n) is 7.58. The van der Waals surface area contributed by atoms with Crippen molar-refractivity contribution >= 4 is 16.2 Å². The maximum atomic E-state index is 12.4. The summed E-state index contributed by atoms with van der Waals surface area (Å²) in [6.07, 6.45) is 3.95. The van der Waals surface area contributed by atoms with Crippen LogP contribution in [0.3, 0.4) is 0 Å². The summed E-state index contributed by atoms with van der Waals surface area (Å²) in [4.78, 5) is 13.4. The van der Waals surface area contributed by atoms with E-state index in [1.54, 1.807) is 0 Å². The number of carboxylic acids is 1. The number of aliphatic carboxylic acids is 1. The number of hydrogen-bond donors (Lipinski definition) is 2. The molecule has 0 amide bonds. The molecule has 2 rings (SSSR count). The zero-order valence-electron chi connectivity index (χ0n) is 12.5. The maximum Gasteiger partial charge on any atom is 0.322 e. The summed E-state index contributed by atoms with van der Waals surface area (Å²) in [6.45, 7) is 2.60. The van der Waals surface area contributed by atoms with Gasteiger partial charge in [-0.15, -0.1) is 0 Å². The molecular weight excluding hydrogens is 294 g/mol. The molecule has 0 spiro atoms. The Morgan fingerprint density at radius 3 is 2.67 bits per heavy atom. The van der Waals surface area contributed by atoms with Crippen LogP contribution in [0.1, 0.15) is 32.1 Å². The molecule has 0 aromatic heterocycles. The van der Waals surface area contributed by atoms with Gasteiger partial charge in [0.25, 0.3) is 10.2 Å². The molecule has 122 valence electrons. The number of likely N-dealkylation sites (tertiary alicyclic amines) is 1. The molecule has 0 radical (unpaired) electrons. The Bertz CT molecular complexity index is 468. The van der Waals surface area contributed by atoms with E-state index in [9.17, 15) is 18.3 Å². The van der Waals surface area contributed by atoms with Crippen molar-refractivity contribution in [2.45, 2.75) is 38.1 Å². The van der Waals surface area contributed by atoms with Gasteiger partial charge in [0, 0.05) is 19.6 Å². The summed E-state index contributed by atoms with van der Waals surface area (Å²) in [5.74, 6) is -0.760. The minimum Gasteiger partial charge on any atom is -0.480 e. The van der Waals surface area contributed by atoms with E-state index in [1.165, 1.54) is 0 Å². The molecule has 2 atom stereocenters. The fraction of sp³-hybridized carbons (Fsp3) is 0.923. The highest BCUT2D eigenvalue weighted by Crippen LogP contribution is 2.21. The van der Waals surface area contributed by atoms with Gasteiger partial charge in [0.1, 0.15) is 6.04 Å². The van der Waals surface area contributed by atoms with Crippen LogP contribution < -0.4 is 4.72 Å². The largest absolute Gasteiger partial charge is 0.480 e. The van der Waals surface area contributed by atoms with Crippen molar-refractivity contribution in [1.29, 1.82) is 0 Å². The van der Waals surface area contributed by atoms with Gasteiger partial charge in [0.05, 0.1) is 0 Å². The highest BCUT2D eigenvalue weighted by Gasteiger charge is 2.36. The van der Waals surface area contributed by atoms with E-state index in [0.29, 0.717) is 18.9 Å². The second kappa shape index (κ2) is 7.04. The van der Waals surface area contributed by atoms with Gasteiger partial charge in [-0.3, -0.25) is 4.79 Å². The molecule has 2 saturated heterocycles. The molecule has 7 nitrogen and oxygen atoms in total. The SMILES string of the molecule is CN1CCCC(CNS(=O)(=O)N2CCCCC2C(=O)O)C1. The molecule has 2 fully saturated rings. The normalized spacial score (nSPS) is 29.4. The van der Waals surface area contributed by atoms with Crippen molar-refractivity contribution in [1.82, 2.24) is 13.9 Å². The van der Waals surface area contributed by atoms with E-state index in [1.807, 2.05) is 7.05 Å². The summed E-state index contributed by atoms with van der Waals surface area (Å²) in [6, 6.07) is -0.926. The van der Waals surface area contributed by atoms with Gasteiger partial charge in [-0.1, -0.05) is 0 Å². The molecule has 0 saturated carbocycles. The lowest BCUT2D eigenvalue weighted by Gasteiger charge is -2.33. The molecule has 8 heteroatoms. The van der Waals surface area contributed by atoms with Crippen LogP contribution in [0.25, 0.3) is 0 Å². The number of nitrogens with zero attached hydrogens (tertiary/aromatic N) is 2. The van der Waals surface area contributed by atoms with Gasteiger partial charge in [-0.05, 0) is 51.6 Å². The zero-order chi connectivity index (χ0) is 15.5. The van der Waals surface area contributed by atoms with E-state index >= 15 is 0 Å². The van der Waals surface area contributed by atoms with E-state index in [-0.39, 0.29) is 6.54 Å². The molecule has 2 aliphatic heterocycles. The third kappa shape index (κ3) is 4.38. The molecule has 21 heavy (non-hydrogen) atoms. The Balaban J connectivity index is 1.95. The van der Waals surface area contributed by atoms with Crippen molar-refractivity contribution in [2.24, 2.45) is 5.92 Å². The standard InChI is InChI=1S/C13H25N3O4S/c1-15-7-4-5-11(10-15)9-14-21(19,20)16-8-3-2-6-12(16)13(17)18/h11-12,14H,2-10H2,1H3,(H,17,18). The summed E-state index contributed by atoms with van der Waals surface area (Å²) in [7, 11) is -1.68. The van der Waals surface area contributed by atoms with Crippen LogP contribution in [-0.4, -0.2) is 68.0 Å². The molecule has 0 aromatic rings. The summed E-state index contributed by atoms with van der Waals surface area (Å²) < 4.78 is 28.5. The highest BCUT2D eigenvalue weighted by molar-refractivity contribution is 7.87. The van der Waals surface area contributed by atoms with Crippen LogP contribution >= 0.6 is 0 Å². The van der Waals surface area contributed by atoms with Crippen molar-refractivity contribution in [3.63, 3.8) is 0 Å². The minimum absolute atomic E-state index is 0.289. The average molecular weight is 319 g/mol. The van der Waals surface area contributed by atoms with Gasteiger partial charge in [-0.25, -0.2) is 4.72 Å². The average Bonchev–Trinajstić information content (AvgIpc) is 2.45. The van der Waals surface area contributed by atoms with Gasteiger partial charge in [-0.2, -0.15) is 12.7 Å². The van der Waals surface area contributed by atoms with Crippen molar-refractivity contribution < 1.29 is 18.3 Å². The lowest BCUT2D eigenvalue weighted by atomic mass is 9.99. The van der Waals surface area contributed by atoms with E-state index < -0.39 is 22.2 Å². The lowest BCUT2D eigenvalue weighted by molar-refractivity contribution is -0.142. The van der Waals surface area contributed by atoms with Crippen molar-refractivity contribution in [3.05, 3.63) is 0 Å². The molecular formula is C13H25N3O4S. The number of hydrogen-bond acceptors (Lipinski definition) is 4. The third-order valence-electron chi connectivity index (χ3n) is 4.32. The fourth-order valence-electron chi connectivity index (χ4n) is 3.19. The Hall–Kier alpha value is -0.700. The molecule has 2 heterocycles. The molecule has 2 unspecified atom stereocenters. The van der Waals surface area contributed by atoms with Gasteiger partial charge >= 0.3 is 5.97 Å². The highest BCUT2D eigenvalue weighted by atomic mass is 32.2. The van der Waals surface area contributed by atoms with Crippen molar-refractivity contribution in [3.8, 4) is 0 Å². The fourth-order valence-corrected chi connectivity index (χ4v) is 4.70. The summed E-state index contributed by atoms with van der Waals surface area (Å²) >= 11 is 0. The lowest BCUT2D eigenvalue weighted by Crippen LogP contribution is -2.53. The quantitative estimate of drug-likeness (QED) is 0.750. The van der Waals surface area contributed by atoms with Crippen LogP contribution in [0.2, 0.25) is 0 Å². The van der Waals surface area contributed by atoms with Gasteiger partial charge in [0.15, 0.2) is 0 Å². The Morgan fingerprint density at radius 2 is 2.00 bits per heavy atom. The number of carbonyl (C=O) groups is 1. The molecule has 0 aromatic carbocycles. The predicted molar refractivity (Wildman–Crippen MR) is 79.1 cm³/mol. The molecule has 2 N–H and O–H groups in total. The number of rotatable bonds is 5. The van der Waals surface area contributed by atoms with Crippen molar-refractivity contribution in [2.75, 3.05) is 33.2 Å². The number of piperidine rings is 2. The third-order valence-corrected chi connectivity index (χ3v) is 5.91.